The predicted octanol–water partition coefficient (Wildman–Crippen LogP) is 4.41. The zero-order valence-corrected chi connectivity index (χ0v) is 13.9. The summed E-state index contributed by atoms with van der Waals surface area (Å²) in [5.74, 6) is 1.93. The SMILES string of the molecule is CCCC1CCSC(COCCCl)c2cc(O)c(O)cc21. The van der Waals surface area contributed by atoms with Crippen molar-refractivity contribution in [2.24, 2.45) is 0 Å². The number of hydrogen-bond acceptors (Lipinski definition) is 4. The van der Waals surface area contributed by atoms with Crippen LogP contribution in [0.1, 0.15) is 48.5 Å². The summed E-state index contributed by atoms with van der Waals surface area (Å²) in [5.41, 5.74) is 2.26. The summed E-state index contributed by atoms with van der Waals surface area (Å²) in [7, 11) is 0. The number of hydrogen-bond donors (Lipinski definition) is 2. The molecule has 0 amide bonds. The van der Waals surface area contributed by atoms with Gasteiger partial charge in [0.25, 0.3) is 0 Å². The lowest BCUT2D eigenvalue weighted by Crippen LogP contribution is -2.08. The summed E-state index contributed by atoms with van der Waals surface area (Å²) in [6, 6.07) is 3.45. The monoisotopic (exact) mass is 330 g/mol. The fourth-order valence-corrected chi connectivity index (χ4v) is 4.26. The van der Waals surface area contributed by atoms with E-state index in [2.05, 4.69) is 6.92 Å². The van der Waals surface area contributed by atoms with E-state index in [4.69, 9.17) is 16.3 Å². The first kappa shape index (κ1) is 16.8. The summed E-state index contributed by atoms with van der Waals surface area (Å²) in [4.78, 5) is 0. The van der Waals surface area contributed by atoms with Crippen LogP contribution in [-0.2, 0) is 4.74 Å². The van der Waals surface area contributed by atoms with Gasteiger partial charge in [-0.3, -0.25) is 0 Å². The van der Waals surface area contributed by atoms with Gasteiger partial charge in [-0.15, -0.1) is 11.6 Å². The smallest absolute Gasteiger partial charge is 0.157 e. The number of thioether (sulfide) groups is 1. The zero-order valence-electron chi connectivity index (χ0n) is 12.3. The molecule has 21 heavy (non-hydrogen) atoms. The molecule has 0 saturated heterocycles. The van der Waals surface area contributed by atoms with Crippen LogP contribution in [0.5, 0.6) is 11.5 Å². The molecule has 0 radical (unpaired) electrons. The van der Waals surface area contributed by atoms with Gasteiger partial charge in [0.2, 0.25) is 0 Å². The Balaban J connectivity index is 2.30. The first-order valence-electron chi connectivity index (χ1n) is 7.48. The average molecular weight is 331 g/mol. The van der Waals surface area contributed by atoms with Crippen molar-refractivity contribution in [3.63, 3.8) is 0 Å². The van der Waals surface area contributed by atoms with E-state index in [0.717, 1.165) is 36.1 Å². The summed E-state index contributed by atoms with van der Waals surface area (Å²) >= 11 is 7.52. The maximum atomic E-state index is 9.85. The predicted molar refractivity (Wildman–Crippen MR) is 88.8 cm³/mol. The van der Waals surface area contributed by atoms with Crippen LogP contribution >= 0.6 is 23.4 Å². The van der Waals surface area contributed by atoms with Crippen molar-refractivity contribution in [1.82, 2.24) is 0 Å². The van der Waals surface area contributed by atoms with Crippen LogP contribution in [0.4, 0.5) is 0 Å². The van der Waals surface area contributed by atoms with Gasteiger partial charge < -0.3 is 14.9 Å². The number of fused-ring (bicyclic) bond motifs is 1. The van der Waals surface area contributed by atoms with Gasteiger partial charge in [0.1, 0.15) is 0 Å². The fraction of sp³-hybridized carbons (Fsp3) is 0.625. The number of phenolic OH excluding ortho intramolecular Hbond substituents is 2. The van der Waals surface area contributed by atoms with E-state index in [1.807, 2.05) is 11.8 Å². The molecule has 2 atom stereocenters. The molecule has 0 aliphatic carbocycles. The third-order valence-electron chi connectivity index (χ3n) is 3.88. The van der Waals surface area contributed by atoms with Crippen molar-refractivity contribution in [3.05, 3.63) is 23.3 Å². The van der Waals surface area contributed by atoms with Gasteiger partial charge in [-0.1, -0.05) is 13.3 Å². The Morgan fingerprint density at radius 2 is 2.00 bits per heavy atom. The lowest BCUT2D eigenvalue weighted by atomic mass is 9.87. The molecule has 2 N–H and O–H groups in total. The summed E-state index contributed by atoms with van der Waals surface area (Å²) in [5, 5.41) is 19.9. The van der Waals surface area contributed by atoms with E-state index < -0.39 is 0 Å². The molecular formula is C16H23ClO3S. The Morgan fingerprint density at radius 3 is 2.67 bits per heavy atom. The first-order valence-corrected chi connectivity index (χ1v) is 9.06. The lowest BCUT2D eigenvalue weighted by Gasteiger charge is -2.21. The van der Waals surface area contributed by atoms with E-state index in [1.54, 1.807) is 12.1 Å². The lowest BCUT2D eigenvalue weighted by molar-refractivity contribution is 0.150. The fourth-order valence-electron chi connectivity index (χ4n) is 2.87. The van der Waals surface area contributed by atoms with Crippen LogP contribution in [0.15, 0.2) is 12.1 Å². The van der Waals surface area contributed by atoms with Gasteiger partial charge in [-0.2, -0.15) is 11.8 Å². The second-order valence-corrected chi connectivity index (χ2v) is 7.06. The summed E-state index contributed by atoms with van der Waals surface area (Å²) in [6.45, 7) is 3.31. The third kappa shape index (κ3) is 4.21. The molecule has 5 heteroatoms. The molecule has 118 valence electrons. The minimum atomic E-state index is -0.0474. The number of rotatable bonds is 6. The largest absolute Gasteiger partial charge is 0.504 e. The molecular weight excluding hydrogens is 308 g/mol. The van der Waals surface area contributed by atoms with E-state index in [-0.39, 0.29) is 16.7 Å². The van der Waals surface area contributed by atoms with Gasteiger partial charge in [-0.25, -0.2) is 0 Å². The minimum Gasteiger partial charge on any atom is -0.504 e. The first-order chi connectivity index (χ1) is 10.2. The molecule has 2 unspecified atom stereocenters. The van der Waals surface area contributed by atoms with Crippen LogP contribution in [-0.4, -0.2) is 35.1 Å². The van der Waals surface area contributed by atoms with Crippen molar-refractivity contribution < 1.29 is 14.9 Å². The number of ether oxygens (including phenoxy) is 1. The number of aromatic hydroxyl groups is 2. The molecule has 3 nitrogen and oxygen atoms in total. The van der Waals surface area contributed by atoms with Gasteiger partial charge in [0, 0.05) is 5.88 Å². The topological polar surface area (TPSA) is 49.7 Å². The van der Waals surface area contributed by atoms with Crippen LogP contribution < -0.4 is 0 Å². The maximum Gasteiger partial charge on any atom is 0.157 e. The van der Waals surface area contributed by atoms with E-state index in [9.17, 15) is 10.2 Å². The highest BCUT2D eigenvalue weighted by atomic mass is 35.5. The molecule has 1 aliphatic rings. The normalized spacial score (nSPS) is 21.8. The molecule has 1 heterocycles. The van der Waals surface area contributed by atoms with E-state index in [0.29, 0.717) is 25.0 Å². The molecule has 0 fully saturated rings. The van der Waals surface area contributed by atoms with Crippen LogP contribution in [0, 0.1) is 0 Å². The van der Waals surface area contributed by atoms with Crippen molar-refractivity contribution in [2.75, 3.05) is 24.8 Å². The highest BCUT2D eigenvalue weighted by molar-refractivity contribution is 7.99. The molecule has 0 aromatic heterocycles. The van der Waals surface area contributed by atoms with Crippen molar-refractivity contribution in [3.8, 4) is 11.5 Å². The Hall–Kier alpha value is -0.580. The second-order valence-electron chi connectivity index (χ2n) is 5.37. The highest BCUT2D eigenvalue weighted by Crippen LogP contribution is 2.45. The van der Waals surface area contributed by atoms with Crippen molar-refractivity contribution >= 4 is 23.4 Å². The molecule has 0 bridgehead atoms. The number of halogens is 1. The molecule has 0 spiro atoms. The molecule has 2 rings (SSSR count). The van der Waals surface area contributed by atoms with Crippen molar-refractivity contribution in [2.45, 2.75) is 37.4 Å². The number of benzene rings is 1. The molecule has 1 aliphatic heterocycles. The number of phenols is 2. The molecule has 1 aromatic rings. The summed E-state index contributed by atoms with van der Waals surface area (Å²) in [6.07, 6.45) is 3.32. The van der Waals surface area contributed by atoms with Crippen LogP contribution in [0.2, 0.25) is 0 Å². The summed E-state index contributed by atoms with van der Waals surface area (Å²) < 4.78 is 5.60. The van der Waals surface area contributed by atoms with Gasteiger partial charge in [0.05, 0.1) is 18.5 Å². The second kappa shape index (κ2) is 8.16. The molecule has 0 saturated carbocycles. The average Bonchev–Trinajstić information content (AvgIpc) is 2.62. The van der Waals surface area contributed by atoms with Gasteiger partial charge in [-0.05, 0) is 47.8 Å². The minimum absolute atomic E-state index is 0.0258. The van der Waals surface area contributed by atoms with Gasteiger partial charge >= 0.3 is 0 Å². The standard InChI is InChI=1S/C16H23ClO3S/c1-2-3-11-4-7-21-16(10-20-6-5-17)13-9-15(19)14(18)8-12(11)13/h8-9,11,16,18-19H,2-7,10H2,1H3. The van der Waals surface area contributed by atoms with E-state index in [1.165, 1.54) is 0 Å². The van der Waals surface area contributed by atoms with Gasteiger partial charge in [0.15, 0.2) is 11.5 Å². The van der Waals surface area contributed by atoms with Crippen molar-refractivity contribution in [1.29, 1.82) is 0 Å². The Bertz CT molecular complexity index is 467. The molecule has 1 aromatic carbocycles. The van der Waals surface area contributed by atoms with E-state index >= 15 is 0 Å². The Kier molecular flexibility index (Phi) is 6.52. The number of alkyl halides is 1. The Labute approximate surface area is 135 Å². The Morgan fingerprint density at radius 1 is 1.29 bits per heavy atom. The highest BCUT2D eigenvalue weighted by Gasteiger charge is 2.26. The maximum absolute atomic E-state index is 9.85. The van der Waals surface area contributed by atoms with Crippen LogP contribution in [0.25, 0.3) is 0 Å². The zero-order chi connectivity index (χ0) is 15.2. The third-order valence-corrected chi connectivity index (χ3v) is 5.30. The quantitative estimate of drug-likeness (QED) is 0.460. The van der Waals surface area contributed by atoms with Crippen LogP contribution in [0.3, 0.4) is 0 Å².